The Balaban J connectivity index is 2.08. The Morgan fingerprint density at radius 2 is 1.96 bits per heavy atom. The zero-order valence-electron chi connectivity index (χ0n) is 13.7. The summed E-state index contributed by atoms with van der Waals surface area (Å²) in [6.45, 7) is 2.79. The molecule has 5 nitrogen and oxygen atoms in total. The van der Waals surface area contributed by atoms with Gasteiger partial charge < -0.3 is 15.4 Å². The average Bonchev–Trinajstić information content (AvgIpc) is 2.62. The Morgan fingerprint density at radius 1 is 1.17 bits per heavy atom. The van der Waals surface area contributed by atoms with E-state index in [1.165, 1.54) is 0 Å². The van der Waals surface area contributed by atoms with Crippen LogP contribution in [0.3, 0.4) is 0 Å². The molecule has 0 radical (unpaired) electrons. The van der Waals surface area contributed by atoms with Crippen molar-refractivity contribution >= 4 is 34.0 Å². The van der Waals surface area contributed by atoms with Crippen LogP contribution in [-0.4, -0.2) is 23.6 Å². The van der Waals surface area contributed by atoms with Crippen molar-refractivity contribution in [3.63, 3.8) is 0 Å². The minimum Gasteiger partial charge on any atom is -0.492 e. The number of rotatable bonds is 5. The summed E-state index contributed by atoms with van der Waals surface area (Å²) in [6.07, 6.45) is 0. The van der Waals surface area contributed by atoms with E-state index in [2.05, 4.69) is 9.97 Å². The van der Waals surface area contributed by atoms with Gasteiger partial charge in [0.25, 0.3) is 0 Å². The van der Waals surface area contributed by atoms with Crippen molar-refractivity contribution in [1.29, 1.82) is 0 Å². The van der Waals surface area contributed by atoms with Crippen LogP contribution >= 0.6 is 11.6 Å². The molecule has 0 unspecified atom stereocenters. The molecule has 0 saturated heterocycles. The summed E-state index contributed by atoms with van der Waals surface area (Å²) in [5.41, 5.74) is 7.52. The third kappa shape index (κ3) is 3.13. The van der Waals surface area contributed by atoms with Crippen LogP contribution in [0.4, 0.5) is 11.5 Å². The SMILES string of the molecule is CCOc1ccc(N(C)c2nc(CN)nc3ccccc23)cc1Cl. The summed E-state index contributed by atoms with van der Waals surface area (Å²) in [5, 5.41) is 1.53. The predicted molar refractivity (Wildman–Crippen MR) is 98.1 cm³/mol. The predicted octanol–water partition coefficient (Wildman–Crippen LogP) is 3.91. The second kappa shape index (κ2) is 7.03. The van der Waals surface area contributed by atoms with Crippen LogP contribution in [-0.2, 0) is 6.54 Å². The van der Waals surface area contributed by atoms with Crippen molar-refractivity contribution in [2.24, 2.45) is 5.73 Å². The van der Waals surface area contributed by atoms with Crippen molar-refractivity contribution < 1.29 is 4.74 Å². The molecule has 0 aliphatic carbocycles. The maximum Gasteiger partial charge on any atom is 0.144 e. The fourth-order valence-electron chi connectivity index (χ4n) is 2.55. The van der Waals surface area contributed by atoms with Crippen LogP contribution in [0.1, 0.15) is 12.7 Å². The standard InChI is InChI=1S/C18H19ClN4O/c1-3-24-16-9-8-12(10-14(16)19)23(2)18-13-6-4-5-7-15(13)21-17(11-20)22-18/h4-10H,3,11,20H2,1-2H3. The highest BCUT2D eigenvalue weighted by atomic mass is 35.5. The number of nitrogens with zero attached hydrogens (tertiary/aromatic N) is 3. The molecule has 0 saturated carbocycles. The molecule has 1 heterocycles. The van der Waals surface area contributed by atoms with E-state index in [1.807, 2.05) is 61.3 Å². The molecule has 0 aliphatic rings. The normalized spacial score (nSPS) is 10.8. The van der Waals surface area contributed by atoms with Gasteiger partial charge in [-0.15, -0.1) is 0 Å². The van der Waals surface area contributed by atoms with E-state index in [1.54, 1.807) is 0 Å². The van der Waals surface area contributed by atoms with Gasteiger partial charge in [-0.05, 0) is 37.3 Å². The smallest absolute Gasteiger partial charge is 0.144 e. The zero-order valence-corrected chi connectivity index (χ0v) is 14.4. The molecule has 3 rings (SSSR count). The number of aromatic nitrogens is 2. The zero-order chi connectivity index (χ0) is 17.1. The summed E-state index contributed by atoms with van der Waals surface area (Å²) in [4.78, 5) is 11.1. The largest absolute Gasteiger partial charge is 0.492 e. The van der Waals surface area contributed by atoms with Crippen LogP contribution in [0.15, 0.2) is 42.5 Å². The van der Waals surface area contributed by atoms with Crippen molar-refractivity contribution in [3.8, 4) is 5.75 Å². The molecule has 124 valence electrons. The second-order valence-electron chi connectivity index (χ2n) is 5.29. The highest BCUT2D eigenvalue weighted by Crippen LogP contribution is 2.33. The van der Waals surface area contributed by atoms with Gasteiger partial charge in [0.15, 0.2) is 0 Å². The highest BCUT2D eigenvalue weighted by Gasteiger charge is 2.14. The third-order valence-corrected chi connectivity index (χ3v) is 4.03. The summed E-state index contributed by atoms with van der Waals surface area (Å²) in [6, 6.07) is 13.6. The Morgan fingerprint density at radius 3 is 2.67 bits per heavy atom. The van der Waals surface area contributed by atoms with Crippen LogP contribution in [0, 0.1) is 0 Å². The quantitative estimate of drug-likeness (QED) is 0.761. The first kappa shape index (κ1) is 16.5. The Kier molecular flexibility index (Phi) is 4.83. The molecule has 0 fully saturated rings. The monoisotopic (exact) mass is 342 g/mol. The van der Waals surface area contributed by atoms with Gasteiger partial charge in [-0.25, -0.2) is 9.97 Å². The molecule has 0 bridgehead atoms. The molecule has 2 aromatic carbocycles. The topological polar surface area (TPSA) is 64.3 Å². The number of hydrogen-bond acceptors (Lipinski definition) is 5. The molecule has 0 aliphatic heterocycles. The maximum atomic E-state index is 6.31. The number of anilines is 2. The van der Waals surface area contributed by atoms with Gasteiger partial charge in [-0.2, -0.15) is 0 Å². The molecule has 2 N–H and O–H groups in total. The lowest BCUT2D eigenvalue weighted by molar-refractivity contribution is 0.340. The van der Waals surface area contributed by atoms with E-state index in [0.717, 1.165) is 22.4 Å². The second-order valence-corrected chi connectivity index (χ2v) is 5.70. The van der Waals surface area contributed by atoms with Crippen molar-refractivity contribution in [2.75, 3.05) is 18.6 Å². The van der Waals surface area contributed by atoms with E-state index >= 15 is 0 Å². The fourth-order valence-corrected chi connectivity index (χ4v) is 2.78. The molecule has 0 amide bonds. The first-order chi connectivity index (χ1) is 11.6. The van der Waals surface area contributed by atoms with E-state index in [0.29, 0.717) is 23.2 Å². The van der Waals surface area contributed by atoms with Crippen molar-refractivity contribution in [1.82, 2.24) is 9.97 Å². The number of nitrogens with two attached hydrogens (primary N) is 1. The molecular formula is C18H19ClN4O. The Labute approximate surface area is 146 Å². The molecule has 1 aromatic heterocycles. The molecule has 6 heteroatoms. The van der Waals surface area contributed by atoms with Gasteiger partial charge in [-0.1, -0.05) is 23.7 Å². The molecule has 24 heavy (non-hydrogen) atoms. The van der Waals surface area contributed by atoms with Gasteiger partial charge in [0.05, 0.1) is 23.7 Å². The van der Waals surface area contributed by atoms with Gasteiger partial charge in [0.1, 0.15) is 17.4 Å². The number of ether oxygens (including phenoxy) is 1. The van der Waals surface area contributed by atoms with Gasteiger partial charge >= 0.3 is 0 Å². The summed E-state index contributed by atoms with van der Waals surface area (Å²) < 4.78 is 5.49. The van der Waals surface area contributed by atoms with Gasteiger partial charge in [0, 0.05) is 18.1 Å². The summed E-state index contributed by atoms with van der Waals surface area (Å²) in [7, 11) is 1.95. The van der Waals surface area contributed by atoms with E-state index in [-0.39, 0.29) is 6.54 Å². The molecule has 0 spiro atoms. The van der Waals surface area contributed by atoms with Crippen molar-refractivity contribution in [3.05, 3.63) is 53.3 Å². The maximum absolute atomic E-state index is 6.31. The minimum atomic E-state index is 0.287. The van der Waals surface area contributed by atoms with Crippen LogP contribution in [0.2, 0.25) is 5.02 Å². The van der Waals surface area contributed by atoms with Crippen LogP contribution in [0.5, 0.6) is 5.75 Å². The number of hydrogen-bond donors (Lipinski definition) is 1. The first-order valence-corrected chi connectivity index (χ1v) is 8.13. The first-order valence-electron chi connectivity index (χ1n) is 7.75. The average molecular weight is 343 g/mol. The fraction of sp³-hybridized carbons (Fsp3) is 0.222. The Bertz CT molecular complexity index is 869. The Hall–Kier alpha value is -2.37. The summed E-state index contributed by atoms with van der Waals surface area (Å²) in [5.74, 6) is 2.07. The highest BCUT2D eigenvalue weighted by molar-refractivity contribution is 6.32. The number of benzene rings is 2. The molecule has 3 aromatic rings. The van der Waals surface area contributed by atoms with E-state index < -0.39 is 0 Å². The number of halogens is 1. The molecule has 0 atom stereocenters. The third-order valence-electron chi connectivity index (χ3n) is 3.73. The van der Waals surface area contributed by atoms with Crippen LogP contribution in [0.25, 0.3) is 10.9 Å². The van der Waals surface area contributed by atoms with Gasteiger partial charge in [0.2, 0.25) is 0 Å². The lowest BCUT2D eigenvalue weighted by Crippen LogP contribution is -2.15. The lowest BCUT2D eigenvalue weighted by Gasteiger charge is -2.21. The number of fused-ring (bicyclic) bond motifs is 1. The van der Waals surface area contributed by atoms with Crippen LogP contribution < -0.4 is 15.4 Å². The summed E-state index contributed by atoms with van der Waals surface area (Å²) >= 11 is 6.31. The minimum absolute atomic E-state index is 0.287. The van der Waals surface area contributed by atoms with Gasteiger partial charge in [-0.3, -0.25) is 0 Å². The molecular weight excluding hydrogens is 324 g/mol. The van der Waals surface area contributed by atoms with Crippen molar-refractivity contribution in [2.45, 2.75) is 13.5 Å². The van der Waals surface area contributed by atoms with E-state index in [9.17, 15) is 0 Å². The van der Waals surface area contributed by atoms with E-state index in [4.69, 9.17) is 22.1 Å². The lowest BCUT2D eigenvalue weighted by atomic mass is 10.2. The number of para-hydroxylation sites is 1.